The van der Waals surface area contributed by atoms with Crippen molar-refractivity contribution in [3.05, 3.63) is 59.9 Å². The monoisotopic (exact) mass is 364 g/mol. The first kappa shape index (κ1) is 17.8. The quantitative estimate of drug-likeness (QED) is 0.819. The van der Waals surface area contributed by atoms with E-state index in [0.29, 0.717) is 0 Å². The summed E-state index contributed by atoms with van der Waals surface area (Å²) in [7, 11) is -2.30. The number of rotatable bonds is 7. The van der Waals surface area contributed by atoms with E-state index >= 15 is 0 Å². The van der Waals surface area contributed by atoms with Crippen LogP contribution in [0.25, 0.3) is 0 Å². The van der Waals surface area contributed by atoms with Gasteiger partial charge in [0.1, 0.15) is 6.61 Å². The summed E-state index contributed by atoms with van der Waals surface area (Å²) in [4.78, 5) is -0.0979. The highest BCUT2D eigenvalue weighted by atomic mass is 32.2. The summed E-state index contributed by atoms with van der Waals surface area (Å²) >= 11 is 0. The van der Waals surface area contributed by atoms with Gasteiger partial charge in [0.05, 0.1) is 4.90 Å². The van der Waals surface area contributed by atoms with Crippen LogP contribution in [0.4, 0.5) is 4.39 Å². The Balaban J connectivity index is 1.77. The van der Waals surface area contributed by atoms with E-state index in [1.54, 1.807) is 0 Å². The first-order valence-corrected chi connectivity index (χ1v) is 9.48. The molecular formula is C18H21FN2O3S. The van der Waals surface area contributed by atoms with E-state index < -0.39 is 21.4 Å². The first-order valence-electron chi connectivity index (χ1n) is 8.04. The Kier molecular flexibility index (Phi) is 4.81. The molecule has 3 rings (SSSR count). The molecule has 25 heavy (non-hydrogen) atoms. The number of likely N-dealkylation sites (N-methyl/N-ethyl adjacent to an activating group) is 1. The molecule has 134 valence electrons. The molecule has 1 aliphatic carbocycles. The fraction of sp³-hybridized carbons (Fsp3) is 0.333. The van der Waals surface area contributed by atoms with Gasteiger partial charge in [-0.2, -0.15) is 4.31 Å². The van der Waals surface area contributed by atoms with Gasteiger partial charge in [0.15, 0.2) is 11.6 Å². The number of hydrogen-bond donors (Lipinski definition) is 1. The molecule has 1 saturated carbocycles. The summed E-state index contributed by atoms with van der Waals surface area (Å²) in [5.74, 6) is -0.687. The van der Waals surface area contributed by atoms with Crippen LogP contribution in [0.15, 0.2) is 53.4 Å². The van der Waals surface area contributed by atoms with Gasteiger partial charge in [-0.05, 0) is 36.6 Å². The summed E-state index contributed by atoms with van der Waals surface area (Å²) in [5.41, 5.74) is 6.06. The van der Waals surface area contributed by atoms with Crippen LogP contribution in [0.2, 0.25) is 0 Å². The number of nitrogens with zero attached hydrogens (tertiary/aromatic N) is 1. The molecule has 0 unspecified atom stereocenters. The molecule has 2 aromatic rings. The van der Waals surface area contributed by atoms with Gasteiger partial charge in [-0.3, -0.25) is 0 Å². The normalized spacial score (nSPS) is 16.0. The highest BCUT2D eigenvalue weighted by Crippen LogP contribution is 2.42. The maximum atomic E-state index is 14.3. The lowest BCUT2D eigenvalue weighted by atomic mass is 10.2. The smallest absolute Gasteiger partial charge is 0.243 e. The van der Waals surface area contributed by atoms with Crippen LogP contribution in [0, 0.1) is 5.82 Å². The average Bonchev–Trinajstić information content (AvgIpc) is 3.42. The van der Waals surface area contributed by atoms with Crippen molar-refractivity contribution in [2.24, 2.45) is 5.73 Å². The molecule has 0 spiro atoms. The zero-order valence-corrected chi connectivity index (χ0v) is 14.8. The van der Waals surface area contributed by atoms with Gasteiger partial charge in [0.2, 0.25) is 10.0 Å². The third-order valence-corrected chi connectivity index (χ3v) is 6.63. The predicted molar refractivity (Wildman–Crippen MR) is 93.1 cm³/mol. The zero-order chi connectivity index (χ0) is 18.1. The lowest BCUT2D eigenvalue weighted by Gasteiger charge is -2.26. The van der Waals surface area contributed by atoms with E-state index in [1.165, 1.54) is 23.5 Å². The van der Waals surface area contributed by atoms with Crippen LogP contribution in [0.5, 0.6) is 5.75 Å². The third kappa shape index (κ3) is 3.53. The van der Waals surface area contributed by atoms with Crippen molar-refractivity contribution in [2.75, 3.05) is 13.6 Å². The second-order valence-electron chi connectivity index (χ2n) is 6.27. The highest BCUT2D eigenvalue weighted by molar-refractivity contribution is 7.89. The molecule has 0 bridgehead atoms. The molecule has 5 nitrogen and oxygen atoms in total. The van der Waals surface area contributed by atoms with Crippen molar-refractivity contribution in [1.29, 1.82) is 0 Å². The predicted octanol–water partition coefficient (Wildman–Crippen LogP) is 2.52. The Morgan fingerprint density at radius 2 is 1.88 bits per heavy atom. The SMILES string of the molecule is CN(C1(CN)CC1)S(=O)(=O)c1ccc(OCc2ccccc2)c(F)c1. The first-order chi connectivity index (χ1) is 11.9. The Hall–Kier alpha value is -1.96. The second kappa shape index (κ2) is 6.74. The fourth-order valence-electron chi connectivity index (χ4n) is 2.70. The van der Waals surface area contributed by atoms with Crippen LogP contribution < -0.4 is 10.5 Å². The maximum absolute atomic E-state index is 14.3. The minimum Gasteiger partial charge on any atom is -0.486 e. The van der Waals surface area contributed by atoms with Crippen molar-refractivity contribution in [2.45, 2.75) is 29.9 Å². The number of halogens is 1. The fourth-order valence-corrected chi connectivity index (χ4v) is 4.27. The zero-order valence-electron chi connectivity index (χ0n) is 14.0. The van der Waals surface area contributed by atoms with Crippen molar-refractivity contribution < 1.29 is 17.5 Å². The van der Waals surface area contributed by atoms with Gasteiger partial charge in [-0.15, -0.1) is 0 Å². The number of benzene rings is 2. The number of ether oxygens (including phenoxy) is 1. The summed E-state index contributed by atoms with van der Waals surface area (Å²) in [6.07, 6.45) is 1.44. The summed E-state index contributed by atoms with van der Waals surface area (Å²) in [6.45, 7) is 0.462. The summed E-state index contributed by atoms with van der Waals surface area (Å²) in [5, 5.41) is 0. The van der Waals surface area contributed by atoms with Crippen molar-refractivity contribution >= 4 is 10.0 Å². The minimum absolute atomic E-state index is 0.0189. The molecule has 0 aromatic heterocycles. The highest BCUT2D eigenvalue weighted by Gasteiger charge is 2.50. The molecular weight excluding hydrogens is 343 g/mol. The van der Waals surface area contributed by atoms with Crippen molar-refractivity contribution in [3.8, 4) is 5.75 Å². The Labute approximate surface area is 147 Å². The average molecular weight is 364 g/mol. The lowest BCUT2D eigenvalue weighted by Crippen LogP contribution is -2.43. The lowest BCUT2D eigenvalue weighted by molar-refractivity contribution is 0.289. The number of hydrogen-bond acceptors (Lipinski definition) is 4. The molecule has 0 radical (unpaired) electrons. The van der Waals surface area contributed by atoms with Gasteiger partial charge in [0.25, 0.3) is 0 Å². The molecule has 7 heteroatoms. The summed E-state index contributed by atoms with van der Waals surface area (Å²) in [6, 6.07) is 13.1. The molecule has 0 heterocycles. The largest absolute Gasteiger partial charge is 0.486 e. The van der Waals surface area contributed by atoms with Crippen LogP contribution in [-0.2, 0) is 16.6 Å². The van der Waals surface area contributed by atoms with Crippen LogP contribution in [0.1, 0.15) is 18.4 Å². The van der Waals surface area contributed by atoms with E-state index in [9.17, 15) is 12.8 Å². The molecule has 0 atom stereocenters. The Morgan fingerprint density at radius 1 is 1.20 bits per heavy atom. The van der Waals surface area contributed by atoms with Crippen molar-refractivity contribution in [3.63, 3.8) is 0 Å². The number of nitrogens with two attached hydrogens (primary N) is 1. The molecule has 0 saturated heterocycles. The molecule has 1 aliphatic rings. The second-order valence-corrected chi connectivity index (χ2v) is 8.24. The molecule has 0 aliphatic heterocycles. The van der Waals surface area contributed by atoms with Gasteiger partial charge >= 0.3 is 0 Å². The van der Waals surface area contributed by atoms with Gasteiger partial charge in [-0.1, -0.05) is 30.3 Å². The minimum atomic E-state index is -3.79. The van der Waals surface area contributed by atoms with E-state index in [2.05, 4.69) is 0 Å². The van der Waals surface area contributed by atoms with Crippen molar-refractivity contribution in [1.82, 2.24) is 4.31 Å². The van der Waals surface area contributed by atoms with Gasteiger partial charge in [-0.25, -0.2) is 12.8 Å². The maximum Gasteiger partial charge on any atom is 0.243 e. The van der Waals surface area contributed by atoms with Crippen LogP contribution in [0.3, 0.4) is 0 Å². The standard InChI is InChI=1S/C18H21FN2O3S/c1-21(18(13-20)9-10-18)25(22,23)15-7-8-17(16(19)11-15)24-12-14-5-3-2-4-6-14/h2-8,11H,9-10,12-13,20H2,1H3. The molecule has 2 aromatic carbocycles. The van der Waals surface area contributed by atoms with E-state index in [-0.39, 0.29) is 23.8 Å². The number of sulfonamides is 1. The third-order valence-electron chi connectivity index (χ3n) is 4.67. The van der Waals surface area contributed by atoms with Gasteiger partial charge < -0.3 is 10.5 Å². The topological polar surface area (TPSA) is 72.6 Å². The molecule has 0 amide bonds. The van der Waals surface area contributed by atoms with Gasteiger partial charge in [0, 0.05) is 19.1 Å². The van der Waals surface area contributed by atoms with E-state index in [1.807, 2.05) is 30.3 Å². The molecule has 1 fully saturated rings. The Morgan fingerprint density at radius 3 is 2.44 bits per heavy atom. The van der Waals surface area contributed by atoms with Crippen LogP contribution in [-0.4, -0.2) is 31.9 Å². The summed E-state index contributed by atoms with van der Waals surface area (Å²) < 4.78 is 46.4. The van der Waals surface area contributed by atoms with Crippen LogP contribution >= 0.6 is 0 Å². The molecule has 2 N–H and O–H groups in total. The van der Waals surface area contributed by atoms with E-state index in [4.69, 9.17) is 10.5 Å². The van der Waals surface area contributed by atoms with E-state index in [0.717, 1.165) is 24.5 Å². The Bertz CT molecular complexity index is 852.